The molecular formula is C24H20N4O4S. The number of anilines is 1. The van der Waals surface area contributed by atoms with Gasteiger partial charge in [-0.3, -0.25) is 19.5 Å². The van der Waals surface area contributed by atoms with E-state index in [0.29, 0.717) is 33.2 Å². The minimum atomic E-state index is -0.683. The Morgan fingerprint density at radius 2 is 1.67 bits per heavy atom. The normalized spacial score (nSPS) is 10.6. The first-order valence-corrected chi connectivity index (χ1v) is 11.0. The molecule has 0 aliphatic carbocycles. The van der Waals surface area contributed by atoms with Crippen LogP contribution in [-0.2, 0) is 4.79 Å². The smallest absolute Gasteiger partial charge is 0.326 e. The van der Waals surface area contributed by atoms with Gasteiger partial charge in [0, 0.05) is 0 Å². The van der Waals surface area contributed by atoms with Gasteiger partial charge >= 0.3 is 6.03 Å². The molecule has 0 aliphatic rings. The van der Waals surface area contributed by atoms with E-state index in [0.717, 1.165) is 11.8 Å². The number of aromatic nitrogens is 2. The van der Waals surface area contributed by atoms with Crippen molar-refractivity contribution in [2.45, 2.75) is 5.16 Å². The van der Waals surface area contributed by atoms with Gasteiger partial charge in [-0.25, -0.2) is 9.78 Å². The molecule has 33 heavy (non-hydrogen) atoms. The van der Waals surface area contributed by atoms with Crippen LogP contribution in [0.2, 0.25) is 0 Å². The van der Waals surface area contributed by atoms with E-state index in [1.54, 1.807) is 60.7 Å². The molecule has 1 aromatic heterocycles. The number of hydrogen-bond donors (Lipinski definition) is 2. The van der Waals surface area contributed by atoms with Crippen molar-refractivity contribution in [3.8, 4) is 11.4 Å². The van der Waals surface area contributed by atoms with Crippen molar-refractivity contribution in [2.75, 3.05) is 18.2 Å². The van der Waals surface area contributed by atoms with E-state index in [4.69, 9.17) is 4.74 Å². The first-order chi connectivity index (χ1) is 16.1. The number of benzene rings is 3. The number of nitrogens with one attached hydrogen (secondary N) is 2. The summed E-state index contributed by atoms with van der Waals surface area (Å²) in [6.07, 6.45) is 0. The molecule has 166 valence electrons. The molecule has 0 spiro atoms. The van der Waals surface area contributed by atoms with Gasteiger partial charge in [0.05, 0.1) is 35.1 Å². The number of carbonyl (C=O) groups excluding carboxylic acids is 2. The van der Waals surface area contributed by atoms with Gasteiger partial charge in [-0.15, -0.1) is 0 Å². The van der Waals surface area contributed by atoms with Crippen molar-refractivity contribution in [2.24, 2.45) is 0 Å². The summed E-state index contributed by atoms with van der Waals surface area (Å²) in [7, 11) is 1.49. The Morgan fingerprint density at radius 1 is 0.970 bits per heavy atom. The molecule has 8 nitrogen and oxygen atoms in total. The van der Waals surface area contributed by atoms with Gasteiger partial charge in [0.1, 0.15) is 5.75 Å². The number of hydrogen-bond acceptors (Lipinski definition) is 6. The van der Waals surface area contributed by atoms with Crippen LogP contribution in [0.15, 0.2) is 88.8 Å². The zero-order chi connectivity index (χ0) is 23.2. The lowest BCUT2D eigenvalue weighted by atomic mass is 10.2. The topological polar surface area (TPSA) is 102 Å². The van der Waals surface area contributed by atoms with Gasteiger partial charge in [0.25, 0.3) is 5.56 Å². The van der Waals surface area contributed by atoms with Gasteiger partial charge < -0.3 is 10.1 Å². The number of para-hydroxylation sites is 4. The number of carbonyl (C=O) groups is 2. The summed E-state index contributed by atoms with van der Waals surface area (Å²) < 4.78 is 6.65. The summed E-state index contributed by atoms with van der Waals surface area (Å²) in [5.74, 6) is -0.173. The predicted molar refractivity (Wildman–Crippen MR) is 128 cm³/mol. The number of amides is 3. The summed E-state index contributed by atoms with van der Waals surface area (Å²) in [4.78, 5) is 42.4. The Labute approximate surface area is 193 Å². The van der Waals surface area contributed by atoms with Crippen LogP contribution in [0.1, 0.15) is 0 Å². The third-order valence-corrected chi connectivity index (χ3v) is 5.64. The van der Waals surface area contributed by atoms with Crippen molar-refractivity contribution < 1.29 is 14.3 Å². The minimum absolute atomic E-state index is 0.114. The number of thioether (sulfide) groups is 1. The number of fused-ring (bicyclic) bond motifs is 1. The maximum absolute atomic E-state index is 13.2. The van der Waals surface area contributed by atoms with Crippen LogP contribution in [0.5, 0.6) is 5.75 Å². The quantitative estimate of drug-likeness (QED) is 0.335. The molecule has 3 amide bonds. The van der Waals surface area contributed by atoms with Gasteiger partial charge in [-0.2, -0.15) is 0 Å². The number of imide groups is 1. The molecule has 4 rings (SSSR count). The highest BCUT2D eigenvalue weighted by Gasteiger charge is 2.16. The van der Waals surface area contributed by atoms with E-state index < -0.39 is 11.9 Å². The number of rotatable bonds is 6. The van der Waals surface area contributed by atoms with E-state index in [1.165, 1.54) is 11.7 Å². The first kappa shape index (κ1) is 22.1. The predicted octanol–water partition coefficient (Wildman–Crippen LogP) is 3.83. The van der Waals surface area contributed by atoms with E-state index in [2.05, 4.69) is 15.6 Å². The highest BCUT2D eigenvalue weighted by atomic mass is 32.2. The number of ether oxygens (including phenoxy) is 1. The average Bonchev–Trinajstić information content (AvgIpc) is 2.83. The van der Waals surface area contributed by atoms with Crippen LogP contribution in [0.4, 0.5) is 10.5 Å². The lowest BCUT2D eigenvalue weighted by Crippen LogP contribution is -2.35. The number of nitrogens with zero attached hydrogens (tertiary/aromatic N) is 2. The molecular weight excluding hydrogens is 440 g/mol. The minimum Gasteiger partial charge on any atom is -0.495 e. The summed E-state index contributed by atoms with van der Waals surface area (Å²) in [5, 5.41) is 5.70. The van der Waals surface area contributed by atoms with Crippen LogP contribution in [0, 0.1) is 0 Å². The van der Waals surface area contributed by atoms with Crippen molar-refractivity contribution in [3.63, 3.8) is 0 Å². The summed E-state index contributed by atoms with van der Waals surface area (Å²) in [5.41, 5.74) is 1.37. The highest BCUT2D eigenvalue weighted by Crippen LogP contribution is 2.23. The molecule has 0 bridgehead atoms. The molecule has 3 aromatic carbocycles. The van der Waals surface area contributed by atoms with Gasteiger partial charge in [-0.05, 0) is 36.4 Å². The summed E-state index contributed by atoms with van der Waals surface area (Å²) in [6, 6.07) is 22.3. The van der Waals surface area contributed by atoms with Crippen LogP contribution in [0.3, 0.4) is 0 Å². The van der Waals surface area contributed by atoms with Crippen LogP contribution in [0.25, 0.3) is 16.6 Å². The Morgan fingerprint density at radius 3 is 2.45 bits per heavy atom. The molecule has 0 fully saturated rings. The maximum atomic E-state index is 13.2. The monoisotopic (exact) mass is 460 g/mol. The zero-order valence-corrected chi connectivity index (χ0v) is 18.5. The maximum Gasteiger partial charge on any atom is 0.326 e. The van der Waals surface area contributed by atoms with Gasteiger partial charge in [-0.1, -0.05) is 54.2 Å². The summed E-state index contributed by atoms with van der Waals surface area (Å²) >= 11 is 1.07. The van der Waals surface area contributed by atoms with Crippen LogP contribution < -0.4 is 20.9 Å². The number of urea groups is 1. The van der Waals surface area contributed by atoms with Gasteiger partial charge in [0.15, 0.2) is 5.16 Å². The van der Waals surface area contributed by atoms with Gasteiger partial charge in [0.2, 0.25) is 5.91 Å². The van der Waals surface area contributed by atoms with E-state index in [1.807, 2.05) is 18.2 Å². The lowest BCUT2D eigenvalue weighted by molar-refractivity contribution is -0.117. The number of methoxy groups -OCH3 is 1. The Hall–Kier alpha value is -4.11. The highest BCUT2D eigenvalue weighted by molar-refractivity contribution is 7.99. The molecule has 9 heteroatoms. The Balaban J connectivity index is 1.52. The second-order valence-corrected chi connectivity index (χ2v) is 7.82. The van der Waals surface area contributed by atoms with Crippen molar-refractivity contribution in [3.05, 3.63) is 89.2 Å². The molecule has 0 radical (unpaired) electrons. The fraction of sp³-hybridized carbons (Fsp3) is 0.0833. The molecule has 2 N–H and O–H groups in total. The van der Waals surface area contributed by atoms with Crippen LogP contribution in [-0.4, -0.2) is 34.4 Å². The van der Waals surface area contributed by atoms with E-state index in [9.17, 15) is 14.4 Å². The third-order valence-electron chi connectivity index (χ3n) is 4.70. The molecule has 4 aromatic rings. The SMILES string of the molecule is COc1ccccc1NC(=O)NC(=O)CSc1nc2ccccc2c(=O)n1-c1ccccc1. The fourth-order valence-electron chi connectivity index (χ4n) is 3.21. The standard InChI is InChI=1S/C24H20N4O4S/c1-32-20-14-8-7-13-19(20)25-23(31)27-21(29)15-33-24-26-18-12-6-5-11-17(18)22(30)28(24)16-9-3-2-4-10-16/h2-14H,15H2,1H3,(H2,25,27,29,31). The molecule has 0 saturated carbocycles. The second-order valence-electron chi connectivity index (χ2n) is 6.88. The third kappa shape index (κ3) is 5.04. The van der Waals surface area contributed by atoms with Crippen molar-refractivity contribution in [1.82, 2.24) is 14.9 Å². The zero-order valence-electron chi connectivity index (χ0n) is 17.6. The second kappa shape index (κ2) is 10.0. The van der Waals surface area contributed by atoms with Crippen molar-refractivity contribution in [1.29, 1.82) is 0 Å². The molecule has 0 unspecified atom stereocenters. The van der Waals surface area contributed by atoms with Crippen LogP contribution >= 0.6 is 11.8 Å². The molecule has 1 heterocycles. The average molecular weight is 461 g/mol. The van der Waals surface area contributed by atoms with Crippen molar-refractivity contribution >= 4 is 40.3 Å². The lowest BCUT2D eigenvalue weighted by Gasteiger charge is -2.13. The largest absolute Gasteiger partial charge is 0.495 e. The summed E-state index contributed by atoms with van der Waals surface area (Å²) in [6.45, 7) is 0. The molecule has 0 saturated heterocycles. The first-order valence-electron chi connectivity index (χ1n) is 10.0. The Kier molecular flexibility index (Phi) is 6.70. The molecule has 0 atom stereocenters. The fourth-order valence-corrected chi connectivity index (χ4v) is 4.02. The van der Waals surface area contributed by atoms with E-state index in [-0.39, 0.29) is 11.3 Å². The molecule has 0 aliphatic heterocycles. The Bertz CT molecular complexity index is 1370. The van der Waals surface area contributed by atoms with E-state index >= 15 is 0 Å².